The van der Waals surface area contributed by atoms with Crippen molar-refractivity contribution in [1.29, 1.82) is 0 Å². The number of carboxylic acid groups (broad SMARTS) is 1. The molecule has 0 fully saturated rings. The number of hydrogen-bond donors (Lipinski definition) is 2. The van der Waals surface area contributed by atoms with Crippen LogP contribution in [0.2, 0.25) is 0 Å². The molecule has 0 bridgehead atoms. The van der Waals surface area contributed by atoms with Gasteiger partial charge in [-0.3, -0.25) is 0 Å². The van der Waals surface area contributed by atoms with Crippen LogP contribution >= 0.6 is 7.26 Å². The molecule has 0 atom stereocenters. The Morgan fingerprint density at radius 1 is 0.645 bits per heavy atom. The van der Waals surface area contributed by atoms with Crippen LogP contribution in [0.1, 0.15) is 32.1 Å². The number of benzene rings is 3. The molecule has 0 unspecified atom stereocenters. The first-order valence-electron chi connectivity index (χ1n) is 10.8. The summed E-state index contributed by atoms with van der Waals surface area (Å²) < 4.78 is 0. The summed E-state index contributed by atoms with van der Waals surface area (Å²) >= 11 is 0. The predicted octanol–water partition coefficient (Wildman–Crippen LogP) is 2.20. The molecule has 3 aromatic rings. The largest absolute Gasteiger partial charge is 1.00 e. The van der Waals surface area contributed by atoms with Gasteiger partial charge in [0.2, 0.25) is 0 Å². The molecule has 5 heteroatoms. The summed E-state index contributed by atoms with van der Waals surface area (Å²) in [4.78, 5) is 10.5. The number of carbonyl (C=O) groups is 1. The van der Waals surface area contributed by atoms with Crippen LogP contribution in [-0.4, -0.2) is 23.9 Å². The molecule has 1 amide bonds. The SMILES string of the molecule is O=C(O)NCCCCCCC[P+](c1ccccc1)(c1ccccc1)c1ccccc1.[Br-]. The Hall–Kier alpha value is -2.16. The van der Waals surface area contributed by atoms with E-state index in [2.05, 4.69) is 96.3 Å². The molecule has 3 aromatic carbocycles. The molecule has 0 aliphatic heterocycles. The maximum Gasteiger partial charge on any atom is 0.404 e. The van der Waals surface area contributed by atoms with Crippen molar-refractivity contribution in [3.8, 4) is 0 Å². The van der Waals surface area contributed by atoms with E-state index >= 15 is 0 Å². The van der Waals surface area contributed by atoms with Gasteiger partial charge in [-0.15, -0.1) is 0 Å². The molecular weight excluding hydrogens is 469 g/mol. The van der Waals surface area contributed by atoms with Gasteiger partial charge in [-0.1, -0.05) is 67.4 Å². The zero-order valence-electron chi connectivity index (χ0n) is 17.8. The lowest BCUT2D eigenvalue weighted by molar-refractivity contribution is -0.0000122. The predicted molar refractivity (Wildman–Crippen MR) is 129 cm³/mol. The number of unbranched alkanes of at least 4 members (excludes halogenated alkanes) is 4. The second-order valence-electron chi connectivity index (χ2n) is 7.54. The highest BCUT2D eigenvalue weighted by atomic mass is 79.9. The van der Waals surface area contributed by atoms with E-state index in [1.54, 1.807) is 0 Å². The van der Waals surface area contributed by atoms with E-state index in [1.807, 2.05) is 0 Å². The Bertz CT molecular complexity index is 794. The third kappa shape index (κ3) is 6.92. The Kier molecular flexibility index (Phi) is 10.8. The summed E-state index contributed by atoms with van der Waals surface area (Å²) in [6.07, 6.45) is 5.66. The van der Waals surface area contributed by atoms with Gasteiger partial charge in [0.1, 0.15) is 23.2 Å². The number of hydrogen-bond acceptors (Lipinski definition) is 1. The van der Waals surface area contributed by atoms with Crippen LogP contribution < -0.4 is 38.2 Å². The van der Waals surface area contributed by atoms with Gasteiger partial charge in [-0.25, -0.2) is 4.79 Å². The van der Waals surface area contributed by atoms with Crippen molar-refractivity contribution in [1.82, 2.24) is 5.32 Å². The number of amides is 1. The van der Waals surface area contributed by atoms with Crippen LogP contribution in [-0.2, 0) is 0 Å². The molecule has 0 heterocycles. The number of halogens is 1. The topological polar surface area (TPSA) is 49.3 Å². The van der Waals surface area contributed by atoms with Crippen molar-refractivity contribution in [2.75, 3.05) is 12.7 Å². The summed E-state index contributed by atoms with van der Waals surface area (Å²) in [6, 6.07) is 33.0. The minimum absolute atomic E-state index is 0. The van der Waals surface area contributed by atoms with Gasteiger partial charge in [-0.2, -0.15) is 0 Å². The third-order valence-electron chi connectivity index (χ3n) is 5.54. The summed E-state index contributed by atoms with van der Waals surface area (Å²) in [5.74, 6) is 0. The van der Waals surface area contributed by atoms with Gasteiger partial charge < -0.3 is 27.4 Å². The van der Waals surface area contributed by atoms with E-state index < -0.39 is 13.4 Å². The molecule has 31 heavy (non-hydrogen) atoms. The maximum absolute atomic E-state index is 10.5. The Morgan fingerprint density at radius 2 is 1.03 bits per heavy atom. The fourth-order valence-electron chi connectivity index (χ4n) is 4.08. The third-order valence-corrected chi connectivity index (χ3v) is 10.1. The Balaban J connectivity index is 0.00000341. The fraction of sp³-hybridized carbons (Fsp3) is 0.269. The lowest BCUT2D eigenvalue weighted by Crippen LogP contribution is -3.00. The normalized spacial score (nSPS) is 10.8. The molecule has 0 aliphatic rings. The van der Waals surface area contributed by atoms with E-state index in [-0.39, 0.29) is 17.0 Å². The highest BCUT2D eigenvalue weighted by molar-refractivity contribution is 7.95. The van der Waals surface area contributed by atoms with Crippen LogP contribution in [0.5, 0.6) is 0 Å². The number of rotatable bonds is 11. The van der Waals surface area contributed by atoms with Crippen molar-refractivity contribution < 1.29 is 26.9 Å². The molecule has 164 valence electrons. The van der Waals surface area contributed by atoms with Crippen molar-refractivity contribution in [3.63, 3.8) is 0 Å². The zero-order chi connectivity index (χ0) is 21.1. The molecule has 0 spiro atoms. The first-order chi connectivity index (χ1) is 14.7. The van der Waals surface area contributed by atoms with Gasteiger partial charge in [0.15, 0.2) is 0 Å². The molecule has 0 aromatic heterocycles. The maximum atomic E-state index is 10.5. The van der Waals surface area contributed by atoms with E-state index in [1.165, 1.54) is 28.8 Å². The van der Waals surface area contributed by atoms with Gasteiger partial charge in [0.25, 0.3) is 0 Å². The molecular formula is C26H31BrNO2P. The second kappa shape index (κ2) is 13.3. The van der Waals surface area contributed by atoms with Gasteiger partial charge >= 0.3 is 6.09 Å². The summed E-state index contributed by atoms with van der Waals surface area (Å²) in [5.41, 5.74) is 0. The van der Waals surface area contributed by atoms with Crippen LogP contribution in [0, 0.1) is 0 Å². The lowest BCUT2D eigenvalue weighted by atomic mass is 10.1. The smallest absolute Gasteiger partial charge is 0.404 e. The molecule has 0 saturated heterocycles. The molecule has 3 nitrogen and oxygen atoms in total. The van der Waals surface area contributed by atoms with E-state index in [0.29, 0.717) is 6.54 Å². The highest BCUT2D eigenvalue weighted by Crippen LogP contribution is 2.55. The minimum Gasteiger partial charge on any atom is -1.00 e. The van der Waals surface area contributed by atoms with E-state index in [0.717, 1.165) is 25.4 Å². The molecule has 0 saturated carbocycles. The standard InChI is InChI=1S/C26H30NO2P.BrH/c28-26(29)27-21-13-2-1-3-14-22-30(23-15-7-4-8-16-23,24-17-9-5-10-18-24)25-19-11-6-12-20-25;/h4-12,15-20,27H,1-3,13-14,21-22H2;1H. The lowest BCUT2D eigenvalue weighted by Gasteiger charge is -2.27. The van der Waals surface area contributed by atoms with Gasteiger partial charge in [0, 0.05) is 6.54 Å². The number of nitrogens with one attached hydrogen (secondary N) is 1. The first-order valence-corrected chi connectivity index (χ1v) is 12.7. The first kappa shape index (κ1) is 25.1. The van der Waals surface area contributed by atoms with Crippen LogP contribution in [0.3, 0.4) is 0 Å². The Labute approximate surface area is 197 Å². The molecule has 0 radical (unpaired) electrons. The highest BCUT2D eigenvalue weighted by Gasteiger charge is 2.44. The summed E-state index contributed by atoms with van der Waals surface area (Å²) in [6.45, 7) is 0.546. The van der Waals surface area contributed by atoms with Crippen molar-refractivity contribution in [2.45, 2.75) is 32.1 Å². The second-order valence-corrected chi connectivity index (χ2v) is 11.2. The average Bonchev–Trinajstić information content (AvgIpc) is 2.80. The quantitative estimate of drug-likeness (QED) is 0.314. The van der Waals surface area contributed by atoms with Gasteiger partial charge in [-0.05, 0) is 55.7 Å². The summed E-state index contributed by atoms with van der Waals surface area (Å²) in [7, 11) is -1.72. The van der Waals surface area contributed by atoms with E-state index in [4.69, 9.17) is 5.11 Å². The van der Waals surface area contributed by atoms with Crippen molar-refractivity contribution >= 4 is 29.3 Å². The fourth-order valence-corrected chi connectivity index (χ4v) is 8.49. The van der Waals surface area contributed by atoms with Crippen LogP contribution in [0.4, 0.5) is 4.79 Å². The van der Waals surface area contributed by atoms with Crippen LogP contribution in [0.15, 0.2) is 91.0 Å². The minimum atomic E-state index is -1.72. The summed E-state index contributed by atoms with van der Waals surface area (Å²) in [5, 5.41) is 15.4. The van der Waals surface area contributed by atoms with Crippen LogP contribution in [0.25, 0.3) is 0 Å². The van der Waals surface area contributed by atoms with E-state index in [9.17, 15) is 4.79 Å². The zero-order valence-corrected chi connectivity index (χ0v) is 20.3. The van der Waals surface area contributed by atoms with Crippen molar-refractivity contribution in [2.24, 2.45) is 0 Å². The Morgan fingerprint density at radius 3 is 1.45 bits per heavy atom. The monoisotopic (exact) mass is 499 g/mol. The van der Waals surface area contributed by atoms with Crippen molar-refractivity contribution in [3.05, 3.63) is 91.0 Å². The molecule has 2 N–H and O–H groups in total. The molecule has 3 rings (SSSR count). The molecule has 0 aliphatic carbocycles. The average molecular weight is 500 g/mol. The van der Waals surface area contributed by atoms with Gasteiger partial charge in [0.05, 0.1) is 6.16 Å².